The monoisotopic (exact) mass is 234 g/mol. The van der Waals surface area contributed by atoms with Crippen molar-refractivity contribution < 1.29 is 0 Å². The quantitative estimate of drug-likeness (QED) is 0.624. The number of halogens is 1. The van der Waals surface area contributed by atoms with E-state index in [2.05, 4.69) is 37.8 Å². The summed E-state index contributed by atoms with van der Waals surface area (Å²) in [5, 5.41) is 0.946. The molecular weight excluding hydrogens is 216 g/mol. The van der Waals surface area contributed by atoms with Crippen LogP contribution in [0.4, 0.5) is 0 Å². The van der Waals surface area contributed by atoms with Crippen molar-refractivity contribution in [2.75, 3.05) is 0 Å². The Labute approximate surface area is 103 Å². The minimum Gasteiger partial charge on any atom is -0.103 e. The highest BCUT2D eigenvalue weighted by Crippen LogP contribution is 2.38. The summed E-state index contributed by atoms with van der Waals surface area (Å²) in [6.45, 7) is 5.97. The van der Waals surface area contributed by atoms with E-state index in [0.29, 0.717) is 5.92 Å². The van der Waals surface area contributed by atoms with E-state index in [4.69, 9.17) is 11.6 Å². The summed E-state index contributed by atoms with van der Waals surface area (Å²) >= 11 is 6.31. The van der Waals surface area contributed by atoms with E-state index in [9.17, 15) is 0 Å². The largest absolute Gasteiger partial charge is 0.103 e. The first-order chi connectivity index (χ1) is 7.70. The lowest BCUT2D eigenvalue weighted by atomic mass is 9.78. The van der Waals surface area contributed by atoms with Crippen LogP contribution in [0.15, 0.2) is 30.9 Å². The third-order valence-electron chi connectivity index (χ3n) is 3.70. The maximum atomic E-state index is 6.31. The van der Waals surface area contributed by atoms with Gasteiger partial charge in [-0.3, -0.25) is 0 Å². The van der Waals surface area contributed by atoms with Crippen molar-refractivity contribution in [1.29, 1.82) is 0 Å². The fourth-order valence-electron chi connectivity index (χ4n) is 2.63. The van der Waals surface area contributed by atoms with E-state index >= 15 is 0 Å². The molecule has 0 aliphatic heterocycles. The minimum absolute atomic E-state index is 0.657. The zero-order valence-corrected chi connectivity index (χ0v) is 10.6. The SMILES string of the molecule is C=CC1CCC(c2ccc(C)cc2Cl)CC1. The van der Waals surface area contributed by atoms with Crippen molar-refractivity contribution in [3.8, 4) is 0 Å². The zero-order chi connectivity index (χ0) is 11.5. The van der Waals surface area contributed by atoms with Crippen LogP contribution in [0.2, 0.25) is 5.02 Å². The Kier molecular flexibility index (Phi) is 3.70. The van der Waals surface area contributed by atoms with Crippen LogP contribution in [-0.2, 0) is 0 Å². The normalized spacial score (nSPS) is 25.4. The summed E-state index contributed by atoms with van der Waals surface area (Å²) in [5.41, 5.74) is 2.59. The van der Waals surface area contributed by atoms with Crippen molar-refractivity contribution in [3.63, 3.8) is 0 Å². The molecular formula is C15H19Cl. The van der Waals surface area contributed by atoms with Gasteiger partial charge in [-0.05, 0) is 61.6 Å². The molecule has 1 aliphatic rings. The van der Waals surface area contributed by atoms with Crippen LogP contribution in [0.5, 0.6) is 0 Å². The first-order valence-electron chi connectivity index (χ1n) is 6.09. The van der Waals surface area contributed by atoms with E-state index in [1.165, 1.54) is 36.8 Å². The Hall–Kier alpha value is -0.750. The molecule has 0 saturated heterocycles. The Morgan fingerprint density at radius 3 is 2.50 bits per heavy atom. The summed E-state index contributed by atoms with van der Waals surface area (Å²) in [5.74, 6) is 1.38. The molecule has 1 heteroatoms. The molecule has 0 atom stereocenters. The summed E-state index contributed by atoms with van der Waals surface area (Å²) in [7, 11) is 0. The van der Waals surface area contributed by atoms with Crippen molar-refractivity contribution >= 4 is 11.6 Å². The molecule has 16 heavy (non-hydrogen) atoms. The first kappa shape index (κ1) is 11.7. The van der Waals surface area contributed by atoms with Gasteiger partial charge in [0.2, 0.25) is 0 Å². The molecule has 1 fully saturated rings. The summed E-state index contributed by atoms with van der Waals surface area (Å²) in [6, 6.07) is 6.45. The molecule has 0 N–H and O–H groups in total. The second-order valence-electron chi connectivity index (χ2n) is 4.87. The lowest BCUT2D eigenvalue weighted by Gasteiger charge is -2.27. The van der Waals surface area contributed by atoms with Crippen molar-refractivity contribution in [3.05, 3.63) is 47.0 Å². The number of allylic oxidation sites excluding steroid dienone is 1. The molecule has 2 rings (SSSR count). The zero-order valence-electron chi connectivity index (χ0n) is 9.88. The van der Waals surface area contributed by atoms with Crippen LogP contribution in [0.25, 0.3) is 0 Å². The first-order valence-corrected chi connectivity index (χ1v) is 6.47. The number of aryl methyl sites for hydroxylation is 1. The topological polar surface area (TPSA) is 0 Å². The Morgan fingerprint density at radius 1 is 1.25 bits per heavy atom. The highest BCUT2D eigenvalue weighted by molar-refractivity contribution is 6.31. The van der Waals surface area contributed by atoms with Gasteiger partial charge in [0.25, 0.3) is 0 Å². The molecule has 0 aromatic heterocycles. The van der Waals surface area contributed by atoms with Gasteiger partial charge in [0.15, 0.2) is 0 Å². The maximum Gasteiger partial charge on any atom is 0.0443 e. The number of rotatable bonds is 2. The van der Waals surface area contributed by atoms with Crippen LogP contribution in [0, 0.1) is 12.8 Å². The van der Waals surface area contributed by atoms with Gasteiger partial charge in [-0.15, -0.1) is 6.58 Å². The van der Waals surface area contributed by atoms with Crippen LogP contribution in [0.1, 0.15) is 42.7 Å². The second kappa shape index (κ2) is 5.05. The molecule has 1 aromatic rings. The molecule has 0 bridgehead atoms. The van der Waals surface area contributed by atoms with E-state index in [1.54, 1.807) is 0 Å². The summed E-state index contributed by atoms with van der Waals surface area (Å²) in [4.78, 5) is 0. The highest BCUT2D eigenvalue weighted by atomic mass is 35.5. The van der Waals surface area contributed by atoms with Crippen molar-refractivity contribution in [2.24, 2.45) is 5.92 Å². The lowest BCUT2D eigenvalue weighted by molar-refractivity contribution is 0.376. The average molecular weight is 235 g/mol. The second-order valence-corrected chi connectivity index (χ2v) is 5.28. The van der Waals surface area contributed by atoms with E-state index < -0.39 is 0 Å². The number of benzene rings is 1. The van der Waals surface area contributed by atoms with Gasteiger partial charge in [-0.1, -0.05) is 29.8 Å². The van der Waals surface area contributed by atoms with Crippen LogP contribution < -0.4 is 0 Å². The van der Waals surface area contributed by atoms with Gasteiger partial charge < -0.3 is 0 Å². The summed E-state index contributed by atoms with van der Waals surface area (Å²) < 4.78 is 0. The number of hydrogen-bond acceptors (Lipinski definition) is 0. The predicted octanol–water partition coefficient (Wildman–Crippen LogP) is 5.11. The molecule has 0 unspecified atom stereocenters. The Morgan fingerprint density at radius 2 is 1.94 bits per heavy atom. The minimum atomic E-state index is 0.657. The van der Waals surface area contributed by atoms with Gasteiger partial charge in [-0.25, -0.2) is 0 Å². The van der Waals surface area contributed by atoms with Crippen molar-refractivity contribution in [2.45, 2.75) is 38.5 Å². The van der Waals surface area contributed by atoms with E-state index in [1.807, 2.05) is 0 Å². The van der Waals surface area contributed by atoms with Gasteiger partial charge in [0.1, 0.15) is 0 Å². The van der Waals surface area contributed by atoms with Gasteiger partial charge >= 0.3 is 0 Å². The van der Waals surface area contributed by atoms with Crippen LogP contribution >= 0.6 is 11.6 Å². The molecule has 1 saturated carbocycles. The number of hydrogen-bond donors (Lipinski definition) is 0. The molecule has 1 aliphatic carbocycles. The predicted molar refractivity (Wildman–Crippen MR) is 71.1 cm³/mol. The van der Waals surface area contributed by atoms with Crippen LogP contribution in [0.3, 0.4) is 0 Å². The van der Waals surface area contributed by atoms with Crippen molar-refractivity contribution in [1.82, 2.24) is 0 Å². The third-order valence-corrected chi connectivity index (χ3v) is 4.03. The molecule has 0 radical (unpaired) electrons. The van der Waals surface area contributed by atoms with Gasteiger partial charge in [0.05, 0.1) is 0 Å². The molecule has 0 spiro atoms. The van der Waals surface area contributed by atoms with Crippen LogP contribution in [-0.4, -0.2) is 0 Å². The van der Waals surface area contributed by atoms with Gasteiger partial charge in [-0.2, -0.15) is 0 Å². The molecule has 86 valence electrons. The third kappa shape index (κ3) is 2.49. The average Bonchev–Trinajstić information content (AvgIpc) is 2.29. The molecule has 1 aromatic carbocycles. The molecule has 0 amide bonds. The van der Waals surface area contributed by atoms with E-state index in [0.717, 1.165) is 10.9 Å². The van der Waals surface area contributed by atoms with Gasteiger partial charge in [0, 0.05) is 5.02 Å². The molecule has 0 nitrogen and oxygen atoms in total. The fourth-order valence-corrected chi connectivity index (χ4v) is 3.02. The lowest BCUT2D eigenvalue weighted by Crippen LogP contribution is -2.11. The van der Waals surface area contributed by atoms with E-state index in [-0.39, 0.29) is 0 Å². The molecule has 0 heterocycles. The maximum absolute atomic E-state index is 6.31. The standard InChI is InChI=1S/C15H19Cl/c1-3-12-5-7-13(8-6-12)14-9-4-11(2)10-15(14)16/h3-4,9-10,12-13H,1,5-8H2,2H3. The highest BCUT2D eigenvalue weighted by Gasteiger charge is 2.21. The smallest absolute Gasteiger partial charge is 0.0443 e. The Bertz CT molecular complexity index is 373. The summed E-state index contributed by atoms with van der Waals surface area (Å²) in [6.07, 6.45) is 7.13. The fraction of sp³-hybridized carbons (Fsp3) is 0.467. The Balaban J connectivity index is 2.11.